The summed E-state index contributed by atoms with van der Waals surface area (Å²) in [5, 5.41) is 0. The Hall–Kier alpha value is -2.61. The highest BCUT2D eigenvalue weighted by Gasteiger charge is 2.55. The zero-order chi connectivity index (χ0) is 25.4. The van der Waals surface area contributed by atoms with Gasteiger partial charge in [0.1, 0.15) is 12.2 Å². The van der Waals surface area contributed by atoms with E-state index in [0.29, 0.717) is 5.56 Å². The molecule has 1 aliphatic carbocycles. The van der Waals surface area contributed by atoms with E-state index in [1.807, 2.05) is 0 Å². The van der Waals surface area contributed by atoms with Crippen LogP contribution in [0.1, 0.15) is 88.6 Å². The third kappa shape index (κ3) is 7.45. The van der Waals surface area contributed by atoms with Crippen molar-refractivity contribution >= 4 is 23.5 Å². The molecule has 1 aliphatic rings. The van der Waals surface area contributed by atoms with Crippen molar-refractivity contribution < 1.29 is 33.4 Å². The number of aryl methyl sites for hydroxylation is 1. The fourth-order valence-corrected chi connectivity index (χ4v) is 4.05. The van der Waals surface area contributed by atoms with Gasteiger partial charge in [-0.15, -0.1) is 0 Å². The molecule has 0 aromatic carbocycles. The number of rotatable bonds is 11. The normalized spacial score (nSPS) is 16.4. The monoisotopic (exact) mass is 475 g/mol. The van der Waals surface area contributed by atoms with E-state index >= 15 is 0 Å². The van der Waals surface area contributed by atoms with Crippen LogP contribution >= 0.6 is 0 Å². The maximum Gasteiger partial charge on any atom is 0.328 e. The van der Waals surface area contributed by atoms with Crippen molar-refractivity contribution in [1.29, 1.82) is 0 Å². The van der Waals surface area contributed by atoms with Crippen molar-refractivity contribution in [2.45, 2.75) is 91.3 Å². The van der Waals surface area contributed by atoms with Gasteiger partial charge in [0.2, 0.25) is 0 Å². The van der Waals surface area contributed by atoms with Crippen LogP contribution in [0, 0.1) is 12.3 Å². The van der Waals surface area contributed by atoms with Gasteiger partial charge < -0.3 is 14.2 Å². The maximum absolute atomic E-state index is 13.8. The molecule has 1 fully saturated rings. The van der Waals surface area contributed by atoms with Gasteiger partial charge >= 0.3 is 11.9 Å². The lowest BCUT2D eigenvalue weighted by Crippen LogP contribution is -2.51. The van der Waals surface area contributed by atoms with Crippen LogP contribution < -0.4 is 0 Å². The molecule has 1 aromatic heterocycles. The molecule has 8 nitrogen and oxygen atoms in total. The molecule has 1 unspecified atom stereocenters. The van der Waals surface area contributed by atoms with E-state index in [9.17, 15) is 19.2 Å². The number of hydrogen-bond acceptors (Lipinski definition) is 8. The van der Waals surface area contributed by atoms with Crippen molar-refractivity contribution in [3.63, 3.8) is 0 Å². The Kier molecular flexibility index (Phi) is 9.91. The topological polar surface area (TPSA) is 109 Å². The molecule has 0 N–H and O–H groups in total. The van der Waals surface area contributed by atoms with Crippen LogP contribution in [0.4, 0.5) is 0 Å². The fraction of sp³-hybridized carbons (Fsp3) is 0.654. The predicted molar refractivity (Wildman–Crippen MR) is 125 cm³/mol. The fourth-order valence-electron chi connectivity index (χ4n) is 4.05. The number of ether oxygens (including phenoxy) is 3. The van der Waals surface area contributed by atoms with Crippen LogP contribution in [-0.2, 0) is 28.6 Å². The van der Waals surface area contributed by atoms with Crippen LogP contribution in [0.15, 0.2) is 18.5 Å². The van der Waals surface area contributed by atoms with E-state index in [1.165, 1.54) is 6.20 Å². The van der Waals surface area contributed by atoms with Gasteiger partial charge in [0.15, 0.2) is 17.0 Å². The highest BCUT2D eigenvalue weighted by molar-refractivity contribution is 6.27. The molecule has 1 saturated carbocycles. The second-order valence-electron chi connectivity index (χ2n) is 9.79. The number of pyridine rings is 1. The first-order valence-electron chi connectivity index (χ1n) is 12.0. The lowest BCUT2D eigenvalue weighted by molar-refractivity contribution is -0.169. The van der Waals surface area contributed by atoms with Gasteiger partial charge in [0.05, 0.1) is 12.7 Å². The first-order valence-corrected chi connectivity index (χ1v) is 12.0. The Morgan fingerprint density at radius 3 is 2.32 bits per heavy atom. The Morgan fingerprint density at radius 2 is 1.74 bits per heavy atom. The molecule has 0 saturated heterocycles. The van der Waals surface area contributed by atoms with Gasteiger partial charge in [-0.3, -0.25) is 24.2 Å². The number of esters is 2. The van der Waals surface area contributed by atoms with Crippen molar-refractivity contribution in [3.8, 4) is 0 Å². The number of carbonyl (C=O) groups excluding carboxylic acids is 4. The van der Waals surface area contributed by atoms with Gasteiger partial charge in [-0.25, -0.2) is 0 Å². The molecule has 1 atom stereocenters. The average Bonchev–Trinajstić information content (AvgIpc) is 2.77. The summed E-state index contributed by atoms with van der Waals surface area (Å²) < 4.78 is 16.4. The summed E-state index contributed by atoms with van der Waals surface area (Å²) in [6.07, 6.45) is 6.89. The quantitative estimate of drug-likeness (QED) is 0.267. The van der Waals surface area contributed by atoms with E-state index in [-0.39, 0.29) is 31.1 Å². The summed E-state index contributed by atoms with van der Waals surface area (Å²) in [5.74, 6) is -3.07. The van der Waals surface area contributed by atoms with E-state index in [0.717, 1.165) is 32.1 Å². The van der Waals surface area contributed by atoms with Gasteiger partial charge in [-0.05, 0) is 65.5 Å². The highest BCUT2D eigenvalue weighted by atomic mass is 16.6. The molecule has 0 bridgehead atoms. The molecular formula is C26H37NO7. The summed E-state index contributed by atoms with van der Waals surface area (Å²) in [6.45, 7) is 8.11. The van der Waals surface area contributed by atoms with E-state index < -0.39 is 41.1 Å². The standard InChI is InChI=1S/C26H37NO7/c1-6-32-22(29)12-13-26(24(31)34-25(3,4)5,23(30)19-14-18(2)15-27-16-19)21(28)17-33-20-10-8-7-9-11-20/h14-16,20H,6-13,17H2,1-5H3. The zero-order valence-corrected chi connectivity index (χ0v) is 21.0. The van der Waals surface area contributed by atoms with Crippen LogP contribution in [0.5, 0.6) is 0 Å². The molecule has 34 heavy (non-hydrogen) atoms. The Labute approximate surface area is 201 Å². The predicted octanol–water partition coefficient (Wildman–Crippen LogP) is 4.16. The molecular weight excluding hydrogens is 438 g/mol. The summed E-state index contributed by atoms with van der Waals surface area (Å²) in [5.41, 5.74) is -2.41. The van der Waals surface area contributed by atoms with E-state index in [1.54, 1.807) is 46.9 Å². The second kappa shape index (κ2) is 12.2. The Morgan fingerprint density at radius 1 is 1.06 bits per heavy atom. The number of Topliss-reactive ketones (excluding diaryl/α,β-unsaturated/α-hetero) is 2. The zero-order valence-electron chi connectivity index (χ0n) is 21.0. The minimum absolute atomic E-state index is 0.0979. The summed E-state index contributed by atoms with van der Waals surface area (Å²) >= 11 is 0. The number of hydrogen-bond donors (Lipinski definition) is 0. The maximum atomic E-state index is 13.8. The molecule has 188 valence electrons. The number of ketones is 2. The molecule has 0 aliphatic heterocycles. The largest absolute Gasteiger partial charge is 0.466 e. The van der Waals surface area contributed by atoms with Gasteiger partial charge in [-0.2, -0.15) is 0 Å². The molecule has 0 amide bonds. The van der Waals surface area contributed by atoms with Crippen LogP contribution in [-0.4, -0.2) is 53.4 Å². The SMILES string of the molecule is CCOC(=O)CCC(C(=O)COC1CCCCC1)(C(=O)OC(C)(C)C)C(=O)c1cncc(C)c1. The minimum Gasteiger partial charge on any atom is -0.466 e. The molecule has 1 heterocycles. The van der Waals surface area contributed by atoms with Gasteiger partial charge in [-0.1, -0.05) is 19.3 Å². The lowest BCUT2D eigenvalue weighted by Gasteiger charge is -2.33. The van der Waals surface area contributed by atoms with Crippen LogP contribution in [0.3, 0.4) is 0 Å². The number of carbonyl (C=O) groups is 4. The van der Waals surface area contributed by atoms with Crippen LogP contribution in [0.25, 0.3) is 0 Å². The first kappa shape index (κ1) is 27.6. The molecule has 0 radical (unpaired) electrons. The summed E-state index contributed by atoms with van der Waals surface area (Å²) in [6, 6.07) is 1.56. The van der Waals surface area contributed by atoms with Crippen molar-refractivity contribution in [2.75, 3.05) is 13.2 Å². The van der Waals surface area contributed by atoms with Crippen molar-refractivity contribution in [3.05, 3.63) is 29.6 Å². The average molecular weight is 476 g/mol. The molecule has 1 aromatic rings. The van der Waals surface area contributed by atoms with Crippen molar-refractivity contribution in [1.82, 2.24) is 4.98 Å². The third-order valence-corrected chi connectivity index (χ3v) is 5.76. The Balaban J connectivity index is 2.48. The van der Waals surface area contributed by atoms with E-state index in [4.69, 9.17) is 14.2 Å². The lowest BCUT2D eigenvalue weighted by atomic mass is 9.73. The van der Waals surface area contributed by atoms with Crippen molar-refractivity contribution in [2.24, 2.45) is 5.41 Å². The third-order valence-electron chi connectivity index (χ3n) is 5.76. The second-order valence-corrected chi connectivity index (χ2v) is 9.79. The minimum atomic E-state index is -2.25. The molecule has 0 spiro atoms. The highest BCUT2D eigenvalue weighted by Crippen LogP contribution is 2.35. The number of aromatic nitrogens is 1. The first-order chi connectivity index (χ1) is 16.0. The summed E-state index contributed by atoms with van der Waals surface area (Å²) in [4.78, 5) is 57.3. The smallest absolute Gasteiger partial charge is 0.328 e. The Bertz CT molecular complexity index is 883. The summed E-state index contributed by atoms with van der Waals surface area (Å²) in [7, 11) is 0. The van der Waals surface area contributed by atoms with E-state index in [2.05, 4.69) is 4.98 Å². The van der Waals surface area contributed by atoms with Crippen LogP contribution in [0.2, 0.25) is 0 Å². The van der Waals surface area contributed by atoms with Gasteiger partial charge in [0.25, 0.3) is 0 Å². The molecule has 8 heteroatoms. The molecule has 2 rings (SSSR count). The number of nitrogens with zero attached hydrogens (tertiary/aromatic N) is 1. The van der Waals surface area contributed by atoms with Gasteiger partial charge in [0, 0.05) is 24.4 Å².